The van der Waals surface area contributed by atoms with Gasteiger partial charge in [-0.2, -0.15) is 0 Å². The predicted octanol–water partition coefficient (Wildman–Crippen LogP) is 3.46. The summed E-state index contributed by atoms with van der Waals surface area (Å²) in [7, 11) is 0. The van der Waals surface area contributed by atoms with Crippen LogP contribution in [0.25, 0.3) is 0 Å². The molecule has 0 bridgehead atoms. The van der Waals surface area contributed by atoms with E-state index in [1.54, 1.807) is 0 Å². The standard InChI is InChI=1S/C18H28N2O/c1-13(21)14-7-2-3-10-17(14)20-18-11-6-8-15(18)16-9-4-5-12-19-16/h2-3,7,10,13,15-16,18-21H,4-6,8-9,11-12H2,1H3. The van der Waals surface area contributed by atoms with Crippen LogP contribution in [0.1, 0.15) is 57.1 Å². The van der Waals surface area contributed by atoms with Crippen LogP contribution in [0, 0.1) is 5.92 Å². The first-order chi connectivity index (χ1) is 10.3. The Balaban J connectivity index is 1.71. The summed E-state index contributed by atoms with van der Waals surface area (Å²) < 4.78 is 0. The van der Waals surface area contributed by atoms with Gasteiger partial charge in [-0.15, -0.1) is 0 Å². The molecule has 2 aliphatic rings. The third kappa shape index (κ3) is 3.41. The molecule has 3 nitrogen and oxygen atoms in total. The van der Waals surface area contributed by atoms with Crippen molar-refractivity contribution in [2.75, 3.05) is 11.9 Å². The minimum Gasteiger partial charge on any atom is -0.389 e. The molecule has 21 heavy (non-hydrogen) atoms. The summed E-state index contributed by atoms with van der Waals surface area (Å²) in [5.74, 6) is 0.729. The number of hydrogen-bond donors (Lipinski definition) is 3. The van der Waals surface area contributed by atoms with Gasteiger partial charge in [0.05, 0.1) is 6.10 Å². The molecular formula is C18H28N2O. The average molecular weight is 288 g/mol. The van der Waals surface area contributed by atoms with E-state index in [1.165, 1.54) is 45.1 Å². The monoisotopic (exact) mass is 288 g/mol. The summed E-state index contributed by atoms with van der Waals surface area (Å²) in [6, 6.07) is 9.40. The molecule has 2 fully saturated rings. The van der Waals surface area contributed by atoms with Crippen molar-refractivity contribution in [3.8, 4) is 0 Å². The first kappa shape index (κ1) is 14.9. The van der Waals surface area contributed by atoms with Gasteiger partial charge in [-0.05, 0) is 51.1 Å². The number of hydrogen-bond acceptors (Lipinski definition) is 3. The summed E-state index contributed by atoms with van der Waals surface area (Å²) in [6.45, 7) is 3.02. The maximum absolute atomic E-state index is 9.94. The number of benzene rings is 1. The van der Waals surface area contributed by atoms with Gasteiger partial charge in [-0.3, -0.25) is 0 Å². The lowest BCUT2D eigenvalue weighted by molar-refractivity contribution is 0.200. The molecule has 1 aliphatic heterocycles. The minimum absolute atomic E-state index is 0.415. The lowest BCUT2D eigenvalue weighted by Crippen LogP contribution is -2.44. The van der Waals surface area contributed by atoms with Gasteiger partial charge in [-0.1, -0.05) is 31.0 Å². The maximum atomic E-state index is 9.94. The van der Waals surface area contributed by atoms with Crippen molar-refractivity contribution >= 4 is 5.69 Å². The largest absolute Gasteiger partial charge is 0.389 e. The second kappa shape index (κ2) is 6.80. The molecule has 1 saturated heterocycles. The highest BCUT2D eigenvalue weighted by atomic mass is 16.3. The van der Waals surface area contributed by atoms with Crippen molar-refractivity contribution in [3.05, 3.63) is 29.8 Å². The zero-order chi connectivity index (χ0) is 14.7. The fourth-order valence-corrected chi connectivity index (χ4v) is 4.09. The second-order valence-corrected chi connectivity index (χ2v) is 6.67. The van der Waals surface area contributed by atoms with E-state index >= 15 is 0 Å². The van der Waals surface area contributed by atoms with Crippen molar-refractivity contribution in [2.24, 2.45) is 5.92 Å². The van der Waals surface area contributed by atoms with Gasteiger partial charge < -0.3 is 15.7 Å². The molecule has 1 aromatic rings. The number of nitrogens with one attached hydrogen (secondary N) is 2. The minimum atomic E-state index is -0.415. The van der Waals surface area contributed by atoms with E-state index in [9.17, 15) is 5.11 Å². The van der Waals surface area contributed by atoms with E-state index in [-0.39, 0.29) is 0 Å². The average Bonchev–Trinajstić information content (AvgIpc) is 2.96. The van der Waals surface area contributed by atoms with Crippen LogP contribution in [0.15, 0.2) is 24.3 Å². The van der Waals surface area contributed by atoms with Crippen LogP contribution in [0.2, 0.25) is 0 Å². The van der Waals surface area contributed by atoms with E-state index < -0.39 is 6.10 Å². The third-order valence-corrected chi connectivity index (χ3v) is 5.19. The second-order valence-electron chi connectivity index (χ2n) is 6.67. The number of anilines is 1. The summed E-state index contributed by atoms with van der Waals surface area (Å²) in [6.07, 6.45) is 7.49. The Bertz CT molecular complexity index is 454. The van der Waals surface area contributed by atoms with Crippen LogP contribution >= 0.6 is 0 Å². The first-order valence-corrected chi connectivity index (χ1v) is 8.52. The number of para-hydroxylation sites is 1. The third-order valence-electron chi connectivity index (χ3n) is 5.19. The lowest BCUT2D eigenvalue weighted by Gasteiger charge is -2.34. The van der Waals surface area contributed by atoms with Crippen LogP contribution in [-0.2, 0) is 0 Å². The number of aliphatic hydroxyl groups excluding tert-OH is 1. The molecule has 0 amide bonds. The molecule has 3 heteroatoms. The highest BCUT2D eigenvalue weighted by Gasteiger charge is 2.34. The quantitative estimate of drug-likeness (QED) is 0.795. The zero-order valence-electron chi connectivity index (χ0n) is 13.0. The molecule has 0 spiro atoms. The van der Waals surface area contributed by atoms with E-state index in [1.807, 2.05) is 19.1 Å². The van der Waals surface area contributed by atoms with Crippen molar-refractivity contribution in [3.63, 3.8) is 0 Å². The first-order valence-electron chi connectivity index (χ1n) is 8.52. The van der Waals surface area contributed by atoms with Crippen molar-refractivity contribution < 1.29 is 5.11 Å². The number of piperidine rings is 1. The van der Waals surface area contributed by atoms with Gasteiger partial charge in [0, 0.05) is 23.3 Å². The molecule has 1 saturated carbocycles. The Morgan fingerprint density at radius 2 is 2.00 bits per heavy atom. The molecule has 0 aromatic heterocycles. The van der Waals surface area contributed by atoms with Crippen molar-refractivity contribution in [1.82, 2.24) is 5.32 Å². The van der Waals surface area contributed by atoms with E-state index in [0.29, 0.717) is 12.1 Å². The van der Waals surface area contributed by atoms with Crippen LogP contribution in [0.5, 0.6) is 0 Å². The Morgan fingerprint density at radius 3 is 2.76 bits per heavy atom. The fourth-order valence-electron chi connectivity index (χ4n) is 4.09. The predicted molar refractivity (Wildman–Crippen MR) is 87.5 cm³/mol. The Morgan fingerprint density at radius 1 is 1.14 bits per heavy atom. The smallest absolute Gasteiger partial charge is 0.0781 e. The number of rotatable bonds is 4. The Kier molecular flexibility index (Phi) is 4.81. The van der Waals surface area contributed by atoms with Crippen LogP contribution in [0.3, 0.4) is 0 Å². The molecule has 1 aliphatic carbocycles. The normalized spacial score (nSPS) is 31.0. The number of aliphatic hydroxyl groups is 1. The highest BCUT2D eigenvalue weighted by Crippen LogP contribution is 2.35. The fraction of sp³-hybridized carbons (Fsp3) is 0.667. The topological polar surface area (TPSA) is 44.3 Å². The Hall–Kier alpha value is -1.06. The van der Waals surface area contributed by atoms with E-state index in [2.05, 4.69) is 22.8 Å². The van der Waals surface area contributed by atoms with Crippen LogP contribution in [0.4, 0.5) is 5.69 Å². The zero-order valence-corrected chi connectivity index (χ0v) is 13.0. The van der Waals surface area contributed by atoms with E-state index in [4.69, 9.17) is 0 Å². The van der Waals surface area contributed by atoms with E-state index in [0.717, 1.165) is 17.2 Å². The molecule has 4 unspecified atom stereocenters. The van der Waals surface area contributed by atoms with Gasteiger partial charge in [0.25, 0.3) is 0 Å². The highest BCUT2D eigenvalue weighted by molar-refractivity contribution is 5.53. The molecule has 3 rings (SSSR count). The van der Waals surface area contributed by atoms with Gasteiger partial charge in [0.15, 0.2) is 0 Å². The molecule has 1 heterocycles. The van der Waals surface area contributed by atoms with Gasteiger partial charge >= 0.3 is 0 Å². The van der Waals surface area contributed by atoms with Crippen LogP contribution in [-0.4, -0.2) is 23.7 Å². The Labute approximate surface area is 128 Å². The molecule has 0 radical (unpaired) electrons. The molecule has 116 valence electrons. The van der Waals surface area contributed by atoms with Crippen molar-refractivity contribution in [1.29, 1.82) is 0 Å². The summed E-state index contributed by atoms with van der Waals surface area (Å²) >= 11 is 0. The molecule has 4 atom stereocenters. The van der Waals surface area contributed by atoms with Gasteiger partial charge in [0.1, 0.15) is 0 Å². The summed E-state index contributed by atoms with van der Waals surface area (Å²) in [4.78, 5) is 0. The van der Waals surface area contributed by atoms with Gasteiger partial charge in [-0.25, -0.2) is 0 Å². The SMILES string of the molecule is CC(O)c1ccccc1NC1CCCC1C1CCCCN1. The maximum Gasteiger partial charge on any atom is 0.0781 e. The molecule has 1 aromatic carbocycles. The molecular weight excluding hydrogens is 260 g/mol. The lowest BCUT2D eigenvalue weighted by atomic mass is 9.88. The van der Waals surface area contributed by atoms with Crippen LogP contribution < -0.4 is 10.6 Å². The van der Waals surface area contributed by atoms with Crippen molar-refractivity contribution in [2.45, 2.75) is 63.6 Å². The summed E-state index contributed by atoms with van der Waals surface area (Å²) in [5, 5.41) is 17.4. The van der Waals surface area contributed by atoms with Gasteiger partial charge in [0.2, 0.25) is 0 Å². The summed E-state index contributed by atoms with van der Waals surface area (Å²) in [5.41, 5.74) is 2.12. The molecule has 3 N–H and O–H groups in total.